The van der Waals surface area contributed by atoms with Crippen molar-refractivity contribution in [1.82, 2.24) is 9.21 Å². The Bertz CT molecular complexity index is 547. The van der Waals surface area contributed by atoms with Gasteiger partial charge < -0.3 is 0 Å². The molecule has 106 valence electrons. The molecule has 1 fully saturated rings. The average Bonchev–Trinajstić information content (AvgIpc) is 2.30. The summed E-state index contributed by atoms with van der Waals surface area (Å²) in [6, 6.07) is 8.69. The highest BCUT2D eigenvalue weighted by atomic mass is 127. The standard InChI is InChI=1S/C13H19IN2O2S/c1-11-9-16(19(2,17)18)7-6-15(11)10-12-4-3-5-13(14)8-12/h3-5,8,11H,6-7,9-10H2,1-2H3/t11-/m0/s1. The normalized spacial score (nSPS) is 22.6. The van der Waals surface area contributed by atoms with Crippen LogP contribution in [0.3, 0.4) is 0 Å². The minimum absolute atomic E-state index is 0.251. The minimum Gasteiger partial charge on any atom is -0.294 e. The lowest BCUT2D eigenvalue weighted by Gasteiger charge is -2.38. The number of rotatable bonds is 3. The van der Waals surface area contributed by atoms with Gasteiger partial charge in [0.25, 0.3) is 0 Å². The molecule has 0 N–H and O–H groups in total. The van der Waals surface area contributed by atoms with E-state index in [1.165, 1.54) is 15.4 Å². The summed E-state index contributed by atoms with van der Waals surface area (Å²) in [7, 11) is -3.06. The van der Waals surface area contributed by atoms with E-state index in [2.05, 4.69) is 58.7 Å². The maximum Gasteiger partial charge on any atom is 0.211 e. The van der Waals surface area contributed by atoms with Crippen molar-refractivity contribution in [3.63, 3.8) is 0 Å². The van der Waals surface area contributed by atoms with Crippen LogP contribution in [-0.4, -0.2) is 49.6 Å². The van der Waals surface area contributed by atoms with Gasteiger partial charge in [0, 0.05) is 35.8 Å². The Labute approximate surface area is 129 Å². The Morgan fingerprint density at radius 3 is 2.68 bits per heavy atom. The molecule has 1 aromatic rings. The van der Waals surface area contributed by atoms with Gasteiger partial charge in [-0.15, -0.1) is 0 Å². The molecule has 0 spiro atoms. The highest BCUT2D eigenvalue weighted by molar-refractivity contribution is 14.1. The molecule has 1 atom stereocenters. The first kappa shape index (κ1) is 15.2. The third-order valence-electron chi connectivity index (χ3n) is 3.47. The van der Waals surface area contributed by atoms with Gasteiger partial charge in [-0.3, -0.25) is 4.90 Å². The topological polar surface area (TPSA) is 40.6 Å². The largest absolute Gasteiger partial charge is 0.294 e. The third-order valence-corrected chi connectivity index (χ3v) is 5.41. The van der Waals surface area contributed by atoms with E-state index in [1.807, 2.05) is 0 Å². The van der Waals surface area contributed by atoms with Crippen molar-refractivity contribution in [2.75, 3.05) is 25.9 Å². The molecule has 1 aromatic carbocycles. The van der Waals surface area contributed by atoms with Crippen LogP contribution in [0.25, 0.3) is 0 Å². The van der Waals surface area contributed by atoms with Crippen molar-refractivity contribution in [1.29, 1.82) is 0 Å². The maximum atomic E-state index is 11.5. The molecule has 0 aliphatic carbocycles. The van der Waals surface area contributed by atoms with E-state index in [0.717, 1.165) is 13.1 Å². The van der Waals surface area contributed by atoms with E-state index in [0.29, 0.717) is 13.1 Å². The summed E-state index contributed by atoms with van der Waals surface area (Å²) in [5.41, 5.74) is 1.28. The molecule has 1 aliphatic heterocycles. The molecule has 0 amide bonds. The van der Waals surface area contributed by atoms with Crippen LogP contribution in [0.1, 0.15) is 12.5 Å². The Morgan fingerprint density at radius 1 is 1.37 bits per heavy atom. The number of piperazine rings is 1. The fraction of sp³-hybridized carbons (Fsp3) is 0.538. The zero-order valence-electron chi connectivity index (χ0n) is 11.2. The number of sulfonamides is 1. The van der Waals surface area contributed by atoms with Crippen molar-refractivity contribution in [2.45, 2.75) is 19.5 Å². The fourth-order valence-corrected chi connectivity index (χ4v) is 3.88. The number of hydrogen-bond donors (Lipinski definition) is 0. The van der Waals surface area contributed by atoms with Gasteiger partial charge in [-0.1, -0.05) is 12.1 Å². The lowest BCUT2D eigenvalue weighted by Crippen LogP contribution is -2.52. The summed E-state index contributed by atoms with van der Waals surface area (Å²) in [6.45, 7) is 4.94. The van der Waals surface area contributed by atoms with Crippen molar-refractivity contribution in [3.05, 3.63) is 33.4 Å². The number of benzene rings is 1. The van der Waals surface area contributed by atoms with Crippen LogP contribution in [0.5, 0.6) is 0 Å². The molecule has 1 heterocycles. The molecule has 1 saturated heterocycles. The molecule has 6 heteroatoms. The van der Waals surface area contributed by atoms with Crippen LogP contribution in [0.2, 0.25) is 0 Å². The van der Waals surface area contributed by atoms with E-state index >= 15 is 0 Å². The summed E-state index contributed by atoms with van der Waals surface area (Å²) in [5, 5.41) is 0. The van der Waals surface area contributed by atoms with E-state index in [9.17, 15) is 8.42 Å². The minimum atomic E-state index is -3.06. The molecular formula is C13H19IN2O2S. The number of halogens is 1. The second-order valence-corrected chi connectivity index (χ2v) is 8.30. The molecule has 4 nitrogen and oxygen atoms in total. The second-order valence-electron chi connectivity index (χ2n) is 5.07. The molecule has 19 heavy (non-hydrogen) atoms. The molecule has 0 bridgehead atoms. The first-order valence-corrected chi connectivity index (χ1v) is 9.22. The number of nitrogens with zero attached hydrogens (tertiary/aromatic N) is 2. The van der Waals surface area contributed by atoms with Gasteiger partial charge in [0.1, 0.15) is 0 Å². The van der Waals surface area contributed by atoms with E-state index < -0.39 is 10.0 Å². The van der Waals surface area contributed by atoms with Gasteiger partial charge in [0.05, 0.1) is 6.26 Å². The first-order chi connectivity index (χ1) is 8.86. The SMILES string of the molecule is C[C@H]1CN(S(C)(=O)=O)CCN1Cc1cccc(I)c1. The molecule has 2 rings (SSSR count). The van der Waals surface area contributed by atoms with Gasteiger partial charge in [-0.25, -0.2) is 8.42 Å². The van der Waals surface area contributed by atoms with E-state index in [1.54, 1.807) is 4.31 Å². The lowest BCUT2D eigenvalue weighted by molar-refractivity contribution is 0.122. The molecule has 0 unspecified atom stereocenters. The maximum absolute atomic E-state index is 11.5. The summed E-state index contributed by atoms with van der Waals surface area (Å²) in [4.78, 5) is 2.34. The summed E-state index contributed by atoms with van der Waals surface area (Å²) < 4.78 is 25.9. The first-order valence-electron chi connectivity index (χ1n) is 6.30. The fourth-order valence-electron chi connectivity index (χ4n) is 2.37. The lowest BCUT2D eigenvalue weighted by atomic mass is 10.1. The van der Waals surface area contributed by atoms with Crippen molar-refractivity contribution < 1.29 is 8.42 Å². The van der Waals surface area contributed by atoms with Gasteiger partial charge in [0.15, 0.2) is 0 Å². The average molecular weight is 394 g/mol. The van der Waals surface area contributed by atoms with E-state index in [4.69, 9.17) is 0 Å². The molecular weight excluding hydrogens is 375 g/mol. The van der Waals surface area contributed by atoms with Crippen molar-refractivity contribution in [2.24, 2.45) is 0 Å². The Morgan fingerprint density at radius 2 is 2.11 bits per heavy atom. The third kappa shape index (κ3) is 4.14. The highest BCUT2D eigenvalue weighted by Crippen LogP contribution is 2.17. The monoisotopic (exact) mass is 394 g/mol. The Kier molecular flexibility index (Phi) is 4.86. The van der Waals surface area contributed by atoms with E-state index in [-0.39, 0.29) is 6.04 Å². The summed E-state index contributed by atoms with van der Waals surface area (Å²) in [5.74, 6) is 0. The van der Waals surface area contributed by atoms with Crippen LogP contribution >= 0.6 is 22.6 Å². The molecule has 1 aliphatic rings. The van der Waals surface area contributed by atoms with Crippen LogP contribution in [0.4, 0.5) is 0 Å². The highest BCUT2D eigenvalue weighted by Gasteiger charge is 2.28. The molecule has 0 radical (unpaired) electrons. The Balaban J connectivity index is 2.01. The molecule has 0 saturated carbocycles. The predicted molar refractivity (Wildman–Crippen MR) is 85.4 cm³/mol. The Hall–Kier alpha value is -0.180. The predicted octanol–water partition coefficient (Wildman–Crippen LogP) is 1.76. The second kappa shape index (κ2) is 6.07. The molecule has 0 aromatic heterocycles. The smallest absolute Gasteiger partial charge is 0.211 e. The number of hydrogen-bond acceptors (Lipinski definition) is 3. The zero-order chi connectivity index (χ0) is 14.0. The van der Waals surface area contributed by atoms with Crippen LogP contribution < -0.4 is 0 Å². The van der Waals surface area contributed by atoms with Crippen LogP contribution in [0, 0.1) is 3.57 Å². The quantitative estimate of drug-likeness (QED) is 0.734. The zero-order valence-corrected chi connectivity index (χ0v) is 14.2. The summed E-state index contributed by atoms with van der Waals surface area (Å²) >= 11 is 2.31. The van der Waals surface area contributed by atoms with Gasteiger partial charge in [-0.2, -0.15) is 4.31 Å². The van der Waals surface area contributed by atoms with Crippen molar-refractivity contribution >= 4 is 32.6 Å². The van der Waals surface area contributed by atoms with Gasteiger partial charge in [0.2, 0.25) is 10.0 Å². The van der Waals surface area contributed by atoms with Gasteiger partial charge >= 0.3 is 0 Å². The van der Waals surface area contributed by atoms with Gasteiger partial charge in [-0.05, 0) is 47.2 Å². The van der Waals surface area contributed by atoms with Crippen molar-refractivity contribution in [3.8, 4) is 0 Å². The van der Waals surface area contributed by atoms with Crippen LogP contribution in [0.15, 0.2) is 24.3 Å². The summed E-state index contributed by atoms with van der Waals surface area (Å²) in [6.07, 6.45) is 1.29. The van der Waals surface area contributed by atoms with Crippen LogP contribution in [-0.2, 0) is 16.6 Å².